The fourth-order valence-corrected chi connectivity index (χ4v) is 3.40. The van der Waals surface area contributed by atoms with Crippen molar-refractivity contribution in [3.63, 3.8) is 0 Å². The number of nitrogens with zero attached hydrogens (tertiary/aromatic N) is 1. The van der Waals surface area contributed by atoms with Gasteiger partial charge in [-0.3, -0.25) is 4.72 Å². The standard InChI is InChI=1S/C17H13ClFN3O2S/c18-12-3-1-6-16(9-12)25(23,24)22-17-8-7-15(11-20-17)21-14-5-2-4-13(19)10-14/h1-11,21H,(H,20,22). The van der Waals surface area contributed by atoms with Crippen molar-refractivity contribution in [3.05, 3.63) is 77.7 Å². The van der Waals surface area contributed by atoms with Crippen LogP contribution in [0.5, 0.6) is 0 Å². The number of nitrogens with one attached hydrogen (secondary N) is 2. The second kappa shape index (κ2) is 7.08. The lowest BCUT2D eigenvalue weighted by molar-refractivity contribution is 0.601. The van der Waals surface area contributed by atoms with Crippen molar-refractivity contribution < 1.29 is 12.8 Å². The molecule has 0 aliphatic carbocycles. The average molecular weight is 378 g/mol. The van der Waals surface area contributed by atoms with Crippen LogP contribution in [0.25, 0.3) is 0 Å². The van der Waals surface area contributed by atoms with Gasteiger partial charge in [-0.2, -0.15) is 0 Å². The van der Waals surface area contributed by atoms with Crippen LogP contribution >= 0.6 is 11.6 Å². The van der Waals surface area contributed by atoms with Crippen LogP contribution < -0.4 is 10.0 Å². The summed E-state index contributed by atoms with van der Waals surface area (Å²) in [5.74, 6) is -0.200. The van der Waals surface area contributed by atoms with E-state index < -0.39 is 10.0 Å². The van der Waals surface area contributed by atoms with Gasteiger partial charge in [0.25, 0.3) is 10.0 Å². The number of anilines is 3. The smallest absolute Gasteiger partial charge is 0.263 e. The SMILES string of the molecule is O=S(=O)(Nc1ccc(Nc2cccc(F)c2)cn1)c1cccc(Cl)c1. The molecule has 1 heterocycles. The minimum Gasteiger partial charge on any atom is -0.354 e. The predicted octanol–water partition coefficient (Wildman–Crippen LogP) is 4.42. The quantitative estimate of drug-likeness (QED) is 0.690. The molecule has 2 aromatic carbocycles. The number of rotatable bonds is 5. The zero-order valence-corrected chi connectivity index (χ0v) is 14.4. The van der Waals surface area contributed by atoms with Gasteiger partial charge in [-0.15, -0.1) is 0 Å². The number of hydrogen-bond acceptors (Lipinski definition) is 4. The summed E-state index contributed by atoms with van der Waals surface area (Å²) in [7, 11) is -3.78. The Labute approximate surface area is 149 Å². The summed E-state index contributed by atoms with van der Waals surface area (Å²) in [5, 5.41) is 3.30. The molecule has 2 N–H and O–H groups in total. The molecule has 3 rings (SSSR count). The fraction of sp³-hybridized carbons (Fsp3) is 0. The van der Waals surface area contributed by atoms with Gasteiger partial charge in [-0.05, 0) is 48.5 Å². The maximum Gasteiger partial charge on any atom is 0.263 e. The number of sulfonamides is 1. The normalized spacial score (nSPS) is 11.1. The van der Waals surface area contributed by atoms with Gasteiger partial charge in [-0.1, -0.05) is 23.7 Å². The summed E-state index contributed by atoms with van der Waals surface area (Å²) in [6, 6.07) is 15.0. The summed E-state index contributed by atoms with van der Waals surface area (Å²) in [6.45, 7) is 0. The number of aromatic nitrogens is 1. The highest BCUT2D eigenvalue weighted by Gasteiger charge is 2.15. The third kappa shape index (κ3) is 4.46. The van der Waals surface area contributed by atoms with Crippen molar-refractivity contribution in [1.29, 1.82) is 0 Å². The van der Waals surface area contributed by atoms with Crippen molar-refractivity contribution in [2.45, 2.75) is 4.90 Å². The first kappa shape index (κ1) is 17.2. The summed E-state index contributed by atoms with van der Waals surface area (Å²) in [5.41, 5.74) is 1.16. The molecule has 0 fully saturated rings. The molecule has 0 aliphatic heterocycles. The minimum absolute atomic E-state index is 0.0452. The second-order valence-electron chi connectivity index (χ2n) is 5.13. The Balaban J connectivity index is 1.74. The van der Waals surface area contributed by atoms with Crippen molar-refractivity contribution >= 4 is 38.8 Å². The summed E-state index contributed by atoms with van der Waals surface area (Å²) in [4.78, 5) is 4.10. The van der Waals surface area contributed by atoms with E-state index in [0.717, 1.165) is 0 Å². The maximum atomic E-state index is 13.2. The zero-order chi connectivity index (χ0) is 17.9. The van der Waals surface area contributed by atoms with Crippen molar-refractivity contribution in [2.75, 3.05) is 10.0 Å². The Morgan fingerprint density at radius 3 is 2.44 bits per heavy atom. The van der Waals surface area contributed by atoms with Gasteiger partial charge in [0, 0.05) is 10.7 Å². The van der Waals surface area contributed by atoms with E-state index in [2.05, 4.69) is 15.0 Å². The number of hydrogen-bond donors (Lipinski definition) is 2. The van der Waals surface area contributed by atoms with Crippen molar-refractivity contribution in [2.24, 2.45) is 0 Å². The first-order valence-electron chi connectivity index (χ1n) is 7.19. The van der Waals surface area contributed by atoms with Crippen LogP contribution in [0.3, 0.4) is 0 Å². The molecule has 0 spiro atoms. The number of pyridine rings is 1. The Bertz CT molecular complexity index is 995. The van der Waals surface area contributed by atoms with Gasteiger partial charge < -0.3 is 5.32 Å². The molecular weight excluding hydrogens is 365 g/mol. The van der Waals surface area contributed by atoms with Gasteiger partial charge in [0.05, 0.1) is 16.8 Å². The van der Waals surface area contributed by atoms with Gasteiger partial charge in [0.2, 0.25) is 0 Å². The lowest BCUT2D eigenvalue weighted by atomic mass is 10.3. The molecule has 0 radical (unpaired) electrons. The molecule has 0 saturated carbocycles. The summed E-state index contributed by atoms with van der Waals surface area (Å²) in [6.07, 6.45) is 1.45. The van der Waals surface area contributed by atoms with E-state index in [1.807, 2.05) is 0 Å². The van der Waals surface area contributed by atoms with E-state index >= 15 is 0 Å². The minimum atomic E-state index is -3.78. The van der Waals surface area contributed by atoms with Crippen molar-refractivity contribution in [3.8, 4) is 0 Å². The van der Waals surface area contributed by atoms with Gasteiger partial charge >= 0.3 is 0 Å². The monoisotopic (exact) mass is 377 g/mol. The lowest BCUT2D eigenvalue weighted by Gasteiger charge is -2.09. The second-order valence-corrected chi connectivity index (χ2v) is 7.25. The molecule has 0 aliphatic rings. The van der Waals surface area contributed by atoms with Gasteiger partial charge in [0.1, 0.15) is 11.6 Å². The maximum absolute atomic E-state index is 13.2. The molecule has 8 heteroatoms. The third-order valence-electron chi connectivity index (χ3n) is 3.22. The van der Waals surface area contributed by atoms with Crippen LogP contribution in [0.1, 0.15) is 0 Å². The van der Waals surface area contributed by atoms with Gasteiger partial charge in [-0.25, -0.2) is 17.8 Å². The van der Waals surface area contributed by atoms with E-state index in [9.17, 15) is 12.8 Å². The molecule has 128 valence electrons. The lowest BCUT2D eigenvalue weighted by Crippen LogP contribution is -2.13. The molecule has 0 saturated heterocycles. The van der Waals surface area contributed by atoms with Crippen molar-refractivity contribution in [1.82, 2.24) is 4.98 Å². The van der Waals surface area contributed by atoms with Crippen LogP contribution in [0, 0.1) is 5.82 Å². The summed E-state index contributed by atoms with van der Waals surface area (Å²) >= 11 is 5.82. The van der Waals surface area contributed by atoms with Crippen LogP contribution in [-0.2, 0) is 10.0 Å². The molecule has 0 atom stereocenters. The van der Waals surface area contributed by atoms with Crippen LogP contribution in [-0.4, -0.2) is 13.4 Å². The highest BCUT2D eigenvalue weighted by atomic mass is 35.5. The zero-order valence-electron chi connectivity index (χ0n) is 12.8. The highest BCUT2D eigenvalue weighted by molar-refractivity contribution is 7.92. The molecule has 3 aromatic rings. The largest absolute Gasteiger partial charge is 0.354 e. The molecule has 0 amide bonds. The van der Waals surface area contributed by atoms with E-state index in [1.54, 1.807) is 30.3 Å². The van der Waals surface area contributed by atoms with Crippen LogP contribution in [0.2, 0.25) is 5.02 Å². The Hall–Kier alpha value is -2.64. The molecular formula is C17H13ClFN3O2S. The highest BCUT2D eigenvalue weighted by Crippen LogP contribution is 2.21. The molecule has 5 nitrogen and oxygen atoms in total. The number of halogens is 2. The third-order valence-corrected chi connectivity index (χ3v) is 4.81. The topological polar surface area (TPSA) is 71.1 Å². The van der Waals surface area contributed by atoms with E-state index in [4.69, 9.17) is 11.6 Å². The predicted molar refractivity (Wildman–Crippen MR) is 96.2 cm³/mol. The van der Waals surface area contributed by atoms with E-state index in [1.165, 1.54) is 36.5 Å². The number of benzene rings is 2. The van der Waals surface area contributed by atoms with Crippen LogP contribution in [0.4, 0.5) is 21.6 Å². The Morgan fingerprint density at radius 2 is 1.76 bits per heavy atom. The van der Waals surface area contributed by atoms with Gasteiger partial charge in [0.15, 0.2) is 0 Å². The van der Waals surface area contributed by atoms with E-state index in [0.29, 0.717) is 16.4 Å². The Morgan fingerprint density at radius 1 is 0.960 bits per heavy atom. The van der Waals surface area contributed by atoms with Crippen LogP contribution in [0.15, 0.2) is 71.8 Å². The Kier molecular flexibility index (Phi) is 4.87. The fourth-order valence-electron chi connectivity index (χ4n) is 2.09. The van der Waals surface area contributed by atoms with E-state index in [-0.39, 0.29) is 16.5 Å². The molecule has 0 unspecified atom stereocenters. The molecule has 25 heavy (non-hydrogen) atoms. The summed E-state index contributed by atoms with van der Waals surface area (Å²) < 4.78 is 40.1. The molecule has 1 aromatic heterocycles. The molecule has 0 bridgehead atoms. The average Bonchev–Trinajstić information content (AvgIpc) is 2.56. The first-order chi connectivity index (χ1) is 11.9. The first-order valence-corrected chi connectivity index (χ1v) is 9.05.